The van der Waals surface area contributed by atoms with Gasteiger partial charge in [-0.15, -0.1) is 6.58 Å². The normalized spacial score (nSPS) is 14.5. The van der Waals surface area contributed by atoms with Gasteiger partial charge in [0.15, 0.2) is 0 Å². The van der Waals surface area contributed by atoms with Crippen LogP contribution in [0, 0.1) is 0 Å². The fourth-order valence-corrected chi connectivity index (χ4v) is 1.60. The summed E-state index contributed by atoms with van der Waals surface area (Å²) in [6, 6.07) is 0. The molecule has 0 aliphatic rings. The van der Waals surface area contributed by atoms with Crippen LogP contribution in [0.5, 0.6) is 0 Å². The van der Waals surface area contributed by atoms with Crippen molar-refractivity contribution in [2.45, 2.75) is 33.6 Å². The smallest absolute Gasteiger partial charge is 0.0423 e. The first kappa shape index (κ1) is 17.2. The second-order valence-corrected chi connectivity index (χ2v) is 4.23. The Morgan fingerprint density at radius 3 is 2.42 bits per heavy atom. The molecule has 0 unspecified atom stereocenters. The van der Waals surface area contributed by atoms with Gasteiger partial charge >= 0.3 is 0 Å². The van der Waals surface area contributed by atoms with Gasteiger partial charge in [0.05, 0.1) is 0 Å². The molecule has 0 bridgehead atoms. The summed E-state index contributed by atoms with van der Waals surface area (Å²) in [5.41, 5.74) is 10.1. The van der Waals surface area contributed by atoms with Crippen LogP contribution in [0.25, 0.3) is 0 Å². The minimum atomic E-state index is 0.715. The maximum atomic E-state index is 6.11. The highest BCUT2D eigenvalue weighted by Gasteiger charge is 2.06. The van der Waals surface area contributed by atoms with Crippen molar-refractivity contribution in [1.29, 1.82) is 0 Å². The Balaban J connectivity index is 5.53. The molecule has 0 aromatic heterocycles. The lowest BCUT2D eigenvalue weighted by Gasteiger charge is -2.10. The van der Waals surface area contributed by atoms with E-state index in [4.69, 9.17) is 5.73 Å². The highest BCUT2D eigenvalue weighted by atomic mass is 14.7. The van der Waals surface area contributed by atoms with Crippen LogP contribution in [0.2, 0.25) is 0 Å². The van der Waals surface area contributed by atoms with Gasteiger partial charge < -0.3 is 5.73 Å². The van der Waals surface area contributed by atoms with Crippen LogP contribution < -0.4 is 5.73 Å². The van der Waals surface area contributed by atoms with E-state index >= 15 is 0 Å². The maximum Gasteiger partial charge on any atom is 0.0423 e. The molecule has 2 heteroatoms. The molecular formula is C17H26N2. The summed E-state index contributed by atoms with van der Waals surface area (Å²) in [6.07, 6.45) is 11.2. The van der Waals surface area contributed by atoms with Gasteiger partial charge in [0.2, 0.25) is 0 Å². The molecule has 0 fully saturated rings. The lowest BCUT2D eigenvalue weighted by Crippen LogP contribution is -2.05. The van der Waals surface area contributed by atoms with E-state index in [1.54, 1.807) is 0 Å². The van der Waals surface area contributed by atoms with Crippen molar-refractivity contribution < 1.29 is 0 Å². The Morgan fingerprint density at radius 2 is 1.95 bits per heavy atom. The zero-order chi connectivity index (χ0) is 14.7. The van der Waals surface area contributed by atoms with Crippen LogP contribution in [0.3, 0.4) is 0 Å². The van der Waals surface area contributed by atoms with Crippen LogP contribution in [0.4, 0.5) is 0 Å². The number of aliphatic imine (C=N–C) groups is 1. The molecule has 0 saturated carbocycles. The standard InChI is InChI=1S/C17H26N2/c1-6-10-12-19-13-16(17(18)11-7-2)15(9-4)14(5)8-3/h6-7,9,11,13H,1,4,8,10,12,18H2,2-3,5H3/b11-7-,15-14+,17-16-,19-13?. The molecule has 0 aliphatic heterocycles. The summed E-state index contributed by atoms with van der Waals surface area (Å²) in [5, 5.41) is 0. The third kappa shape index (κ3) is 6.05. The Kier molecular flexibility index (Phi) is 9.15. The Hall–Kier alpha value is -1.83. The second kappa shape index (κ2) is 10.1. The van der Waals surface area contributed by atoms with Crippen LogP contribution >= 0.6 is 0 Å². The largest absolute Gasteiger partial charge is 0.398 e. The third-order valence-corrected chi connectivity index (χ3v) is 2.82. The monoisotopic (exact) mass is 258 g/mol. The fraction of sp³-hybridized carbons (Fsp3) is 0.353. The molecule has 0 rings (SSSR count). The summed E-state index contributed by atoms with van der Waals surface area (Å²) in [4.78, 5) is 4.40. The van der Waals surface area contributed by atoms with Crippen molar-refractivity contribution >= 4 is 6.21 Å². The summed E-state index contributed by atoms with van der Waals surface area (Å²) in [5.74, 6) is 0. The van der Waals surface area contributed by atoms with E-state index in [2.05, 4.69) is 32.0 Å². The van der Waals surface area contributed by atoms with Crippen LogP contribution in [-0.2, 0) is 0 Å². The van der Waals surface area contributed by atoms with Gasteiger partial charge in [0.1, 0.15) is 0 Å². The quantitative estimate of drug-likeness (QED) is 0.299. The van der Waals surface area contributed by atoms with E-state index in [0.29, 0.717) is 5.70 Å². The second-order valence-electron chi connectivity index (χ2n) is 4.23. The van der Waals surface area contributed by atoms with Crippen LogP contribution in [0.15, 0.2) is 64.9 Å². The highest BCUT2D eigenvalue weighted by molar-refractivity contribution is 5.88. The molecule has 0 aliphatic carbocycles. The predicted molar refractivity (Wildman–Crippen MR) is 87.4 cm³/mol. The number of hydrogen-bond donors (Lipinski definition) is 1. The first-order chi connectivity index (χ1) is 9.12. The Labute approximate surface area is 117 Å². The van der Waals surface area contributed by atoms with Gasteiger partial charge in [-0.3, -0.25) is 4.99 Å². The molecule has 0 aromatic carbocycles. The lowest BCUT2D eigenvalue weighted by molar-refractivity contribution is 1.01. The molecule has 104 valence electrons. The molecular weight excluding hydrogens is 232 g/mol. The zero-order valence-electron chi connectivity index (χ0n) is 12.4. The molecule has 0 heterocycles. The summed E-state index contributed by atoms with van der Waals surface area (Å²) < 4.78 is 0. The maximum absolute atomic E-state index is 6.11. The molecule has 19 heavy (non-hydrogen) atoms. The van der Waals surface area contributed by atoms with E-state index in [1.807, 2.05) is 37.4 Å². The number of allylic oxidation sites excluding steroid dienone is 6. The number of nitrogens with two attached hydrogens (primary N) is 1. The Morgan fingerprint density at radius 1 is 1.26 bits per heavy atom. The molecule has 0 atom stereocenters. The zero-order valence-corrected chi connectivity index (χ0v) is 12.4. The van der Waals surface area contributed by atoms with Gasteiger partial charge in [-0.1, -0.05) is 37.3 Å². The third-order valence-electron chi connectivity index (χ3n) is 2.82. The van der Waals surface area contributed by atoms with Crippen molar-refractivity contribution in [1.82, 2.24) is 0 Å². The first-order valence-electron chi connectivity index (χ1n) is 6.68. The van der Waals surface area contributed by atoms with Gasteiger partial charge in [-0.2, -0.15) is 0 Å². The number of rotatable bonds is 8. The number of hydrogen-bond acceptors (Lipinski definition) is 2. The SMILES string of the molecule is C=CCCN=CC(=C(N)\C=C/C)/C(C=C)=C(\C)CC. The first-order valence-corrected chi connectivity index (χ1v) is 6.68. The predicted octanol–water partition coefficient (Wildman–Crippen LogP) is 4.33. The van der Waals surface area contributed by atoms with E-state index < -0.39 is 0 Å². The van der Waals surface area contributed by atoms with Gasteiger partial charge in [0, 0.05) is 24.0 Å². The van der Waals surface area contributed by atoms with E-state index in [0.717, 1.165) is 30.5 Å². The van der Waals surface area contributed by atoms with Crippen LogP contribution in [-0.4, -0.2) is 12.8 Å². The minimum absolute atomic E-state index is 0.715. The lowest BCUT2D eigenvalue weighted by atomic mass is 9.98. The van der Waals surface area contributed by atoms with E-state index in [1.165, 1.54) is 5.57 Å². The number of nitrogens with zero attached hydrogens (tertiary/aromatic N) is 1. The average molecular weight is 258 g/mol. The highest BCUT2D eigenvalue weighted by Crippen LogP contribution is 2.19. The molecule has 0 saturated heterocycles. The summed E-state index contributed by atoms with van der Waals surface area (Å²) >= 11 is 0. The van der Waals surface area contributed by atoms with E-state index in [9.17, 15) is 0 Å². The van der Waals surface area contributed by atoms with Crippen molar-refractivity contribution in [2.75, 3.05) is 6.54 Å². The molecule has 2 N–H and O–H groups in total. The molecule has 0 spiro atoms. The summed E-state index contributed by atoms with van der Waals surface area (Å²) in [7, 11) is 0. The van der Waals surface area contributed by atoms with Crippen molar-refractivity contribution in [3.05, 3.63) is 59.9 Å². The summed E-state index contributed by atoms with van der Waals surface area (Å²) in [6.45, 7) is 14.5. The van der Waals surface area contributed by atoms with Gasteiger partial charge in [-0.25, -0.2) is 0 Å². The van der Waals surface area contributed by atoms with E-state index in [-0.39, 0.29) is 0 Å². The fourth-order valence-electron chi connectivity index (χ4n) is 1.60. The molecule has 2 nitrogen and oxygen atoms in total. The topological polar surface area (TPSA) is 38.4 Å². The van der Waals surface area contributed by atoms with Gasteiger partial charge in [0.25, 0.3) is 0 Å². The van der Waals surface area contributed by atoms with Crippen molar-refractivity contribution in [3.63, 3.8) is 0 Å². The molecule has 0 radical (unpaired) electrons. The van der Waals surface area contributed by atoms with Gasteiger partial charge in [-0.05, 0) is 38.3 Å². The van der Waals surface area contributed by atoms with Crippen molar-refractivity contribution in [3.8, 4) is 0 Å². The minimum Gasteiger partial charge on any atom is -0.398 e. The molecule has 0 aromatic rings. The van der Waals surface area contributed by atoms with Crippen LogP contribution in [0.1, 0.15) is 33.6 Å². The van der Waals surface area contributed by atoms with Crippen molar-refractivity contribution in [2.24, 2.45) is 10.7 Å². The average Bonchev–Trinajstić information content (AvgIpc) is 2.41. The Bertz CT molecular complexity index is 421. The molecule has 0 amide bonds.